The number of benzene rings is 4. The van der Waals surface area contributed by atoms with Gasteiger partial charge in [-0.3, -0.25) is 9.05 Å². The molecule has 2 fully saturated rings. The van der Waals surface area contributed by atoms with Crippen molar-refractivity contribution in [3.63, 3.8) is 0 Å². The van der Waals surface area contributed by atoms with Gasteiger partial charge in [0.2, 0.25) is 0 Å². The van der Waals surface area contributed by atoms with Gasteiger partial charge in [-0.1, -0.05) is 269 Å². The summed E-state index contributed by atoms with van der Waals surface area (Å²) in [7, 11) is -3.28. The average molecular weight is 1090 g/mol. The highest BCUT2D eigenvalue weighted by molar-refractivity contribution is 7.42. The molecule has 0 aromatic heterocycles. The van der Waals surface area contributed by atoms with Crippen LogP contribution in [-0.2, 0) is 14.5 Å². The van der Waals surface area contributed by atoms with Crippen molar-refractivity contribution in [2.45, 2.75) is 276 Å². The highest BCUT2D eigenvalue weighted by Crippen LogP contribution is 2.46. The van der Waals surface area contributed by atoms with Gasteiger partial charge in [0.15, 0.2) is 0 Å². The van der Waals surface area contributed by atoms with Gasteiger partial charge in [0.1, 0.15) is 23.0 Å². The molecule has 0 aliphatic heterocycles. The molecule has 77 heavy (non-hydrogen) atoms. The molecule has 0 heterocycles. The Morgan fingerprint density at radius 1 is 0.325 bits per heavy atom. The first-order chi connectivity index (χ1) is 37.9. The summed E-state index contributed by atoms with van der Waals surface area (Å²) < 4.78 is 38.9. The molecule has 0 amide bonds. The van der Waals surface area contributed by atoms with Crippen LogP contribution in [0.4, 0.5) is 0 Å². The van der Waals surface area contributed by atoms with Gasteiger partial charge in [-0.2, -0.15) is 0 Å². The molecule has 4 aromatic carbocycles. The summed E-state index contributed by atoms with van der Waals surface area (Å²) in [6.45, 7) is 10.4. The molecule has 0 saturated heterocycles. The first kappa shape index (κ1) is 63.0. The number of hydrogen-bond acceptors (Lipinski definition) is 6. The normalized spacial score (nSPS) is 15.3. The predicted octanol–water partition coefficient (Wildman–Crippen LogP) is 23.7. The van der Waals surface area contributed by atoms with Crippen LogP contribution in [0.5, 0.6) is 23.0 Å². The zero-order chi connectivity index (χ0) is 53.9. The van der Waals surface area contributed by atoms with Crippen molar-refractivity contribution in [3.05, 3.63) is 119 Å². The number of unbranched alkanes of at least 4 members (excludes halogenated alkanes) is 24. The highest BCUT2D eigenvalue weighted by atomic mass is 31.2. The fraction of sp³-hybridized carbons (Fsp3) is 0.652. The maximum Gasteiger partial charge on any atom is 0.463 e. The van der Waals surface area contributed by atoms with Crippen molar-refractivity contribution < 1.29 is 27.1 Å². The van der Waals surface area contributed by atoms with Crippen molar-refractivity contribution in [2.24, 2.45) is 0 Å². The van der Waals surface area contributed by atoms with Crippen LogP contribution in [0, 0.1) is 0 Å². The van der Waals surface area contributed by atoms with Crippen LogP contribution < -0.4 is 18.1 Å². The molecule has 428 valence electrons. The Kier molecular flexibility index (Phi) is 31.5. The predicted molar refractivity (Wildman–Crippen MR) is 329 cm³/mol. The van der Waals surface area contributed by atoms with Crippen molar-refractivity contribution in [2.75, 3.05) is 13.2 Å². The third-order valence-corrected chi connectivity index (χ3v) is 18.9. The molecule has 8 heteroatoms. The largest absolute Gasteiger partial charge is 0.463 e. The fourth-order valence-corrected chi connectivity index (χ4v) is 13.5. The van der Waals surface area contributed by atoms with E-state index in [1.807, 2.05) is 0 Å². The monoisotopic (exact) mass is 1090 g/mol. The lowest BCUT2D eigenvalue weighted by atomic mass is 9.78. The topological polar surface area (TPSA) is 55.4 Å². The molecule has 2 atom stereocenters. The summed E-state index contributed by atoms with van der Waals surface area (Å²) in [5, 5.41) is 0. The lowest BCUT2D eigenvalue weighted by molar-refractivity contribution is 0.257. The lowest BCUT2D eigenvalue weighted by Gasteiger charge is -2.27. The van der Waals surface area contributed by atoms with Crippen LogP contribution in [0.3, 0.4) is 0 Å². The second-order valence-corrected chi connectivity index (χ2v) is 25.6. The van der Waals surface area contributed by atoms with Crippen LogP contribution in [0.25, 0.3) is 0 Å². The van der Waals surface area contributed by atoms with E-state index in [2.05, 4.69) is 125 Å². The Hall–Kier alpha value is -3.14. The molecular formula is C69H106O6P2. The van der Waals surface area contributed by atoms with E-state index in [0.717, 1.165) is 35.8 Å². The van der Waals surface area contributed by atoms with Crippen molar-refractivity contribution >= 4 is 17.2 Å². The summed E-state index contributed by atoms with van der Waals surface area (Å²) in [6.07, 6.45) is 47.6. The molecule has 0 bridgehead atoms. The standard InChI is InChI=1S/C69H106O6P2/c1-5-7-9-11-13-15-17-19-21-23-25-27-35-57-70-76(72-65-49-41-61(42-50-65)59-37-31-29-32-38-59)74-67-53-45-63(46-54-67)69(3,4)64-47-55-68(56-48-64)75-77(73-66-51-43-62(44-52-66)60-39-33-30-34-40-60)71-58-36-28-26-24-22-20-18-16-14-12-10-8-6-2/h41-56,59-60H,5-40,57-58H2,1-4H3. The summed E-state index contributed by atoms with van der Waals surface area (Å²) in [6, 6.07) is 34.4. The van der Waals surface area contributed by atoms with E-state index in [0.29, 0.717) is 25.0 Å². The van der Waals surface area contributed by atoms with Gasteiger partial charge in [0.25, 0.3) is 0 Å². The second-order valence-electron chi connectivity index (χ2n) is 23.4. The van der Waals surface area contributed by atoms with Crippen LogP contribution in [0.2, 0.25) is 0 Å². The Balaban J connectivity index is 0.993. The van der Waals surface area contributed by atoms with Gasteiger partial charge in [-0.15, -0.1) is 0 Å². The van der Waals surface area contributed by atoms with E-state index in [9.17, 15) is 0 Å². The Bertz CT molecular complexity index is 1900. The van der Waals surface area contributed by atoms with Gasteiger partial charge in [0.05, 0.1) is 13.2 Å². The minimum atomic E-state index is -1.64. The molecule has 0 N–H and O–H groups in total. The van der Waals surface area contributed by atoms with E-state index in [1.165, 1.54) is 241 Å². The first-order valence-electron chi connectivity index (χ1n) is 31.9. The van der Waals surface area contributed by atoms with E-state index in [-0.39, 0.29) is 5.41 Å². The van der Waals surface area contributed by atoms with E-state index < -0.39 is 17.2 Å². The average Bonchev–Trinajstić information content (AvgIpc) is 3.46. The minimum Gasteiger partial charge on any atom is -0.418 e. The zero-order valence-corrected chi connectivity index (χ0v) is 50.9. The van der Waals surface area contributed by atoms with Crippen LogP contribution >= 0.6 is 17.2 Å². The Morgan fingerprint density at radius 2 is 0.571 bits per heavy atom. The molecule has 2 aliphatic carbocycles. The van der Waals surface area contributed by atoms with Crippen molar-refractivity contribution in [1.29, 1.82) is 0 Å². The van der Waals surface area contributed by atoms with E-state index in [1.54, 1.807) is 0 Å². The van der Waals surface area contributed by atoms with Gasteiger partial charge < -0.3 is 18.1 Å². The summed E-state index contributed by atoms with van der Waals surface area (Å²) >= 11 is 0. The first-order valence-corrected chi connectivity index (χ1v) is 34.1. The molecule has 4 aromatic rings. The summed E-state index contributed by atoms with van der Waals surface area (Å²) in [5.41, 5.74) is 4.96. The maximum absolute atomic E-state index is 6.54. The summed E-state index contributed by atoms with van der Waals surface area (Å²) in [5.74, 6) is 4.42. The van der Waals surface area contributed by atoms with Gasteiger partial charge in [0, 0.05) is 5.41 Å². The zero-order valence-electron chi connectivity index (χ0n) is 49.1. The number of rotatable bonds is 42. The SMILES string of the molecule is CCCCCCCCCCCCCCCOP(Oc1ccc(C2CCCCC2)cc1)Oc1ccc(C(C)(C)c2ccc(OP(OCCCCCCCCCCCCCCC)Oc3ccc(C4CCCCC4)cc3)cc2)cc1. The fourth-order valence-electron chi connectivity index (χ4n) is 11.5. The van der Waals surface area contributed by atoms with Gasteiger partial charge >= 0.3 is 17.2 Å². The van der Waals surface area contributed by atoms with Crippen molar-refractivity contribution in [1.82, 2.24) is 0 Å². The summed E-state index contributed by atoms with van der Waals surface area (Å²) in [4.78, 5) is 0. The van der Waals surface area contributed by atoms with Crippen molar-refractivity contribution in [3.8, 4) is 23.0 Å². The van der Waals surface area contributed by atoms with Crippen LogP contribution in [0.15, 0.2) is 97.1 Å². The lowest BCUT2D eigenvalue weighted by Crippen LogP contribution is -2.18. The smallest absolute Gasteiger partial charge is 0.418 e. The molecule has 6 rings (SSSR count). The molecule has 2 aliphatic rings. The quantitative estimate of drug-likeness (QED) is 0.0326. The molecule has 2 saturated carbocycles. The van der Waals surface area contributed by atoms with Gasteiger partial charge in [-0.05, 0) is 121 Å². The number of hydrogen-bond donors (Lipinski definition) is 0. The third kappa shape index (κ3) is 25.0. The van der Waals surface area contributed by atoms with Crippen LogP contribution in [-0.4, -0.2) is 13.2 Å². The molecule has 2 unspecified atom stereocenters. The molecule has 6 nitrogen and oxygen atoms in total. The van der Waals surface area contributed by atoms with Gasteiger partial charge in [-0.25, -0.2) is 0 Å². The Labute approximate surface area is 473 Å². The second kappa shape index (κ2) is 38.5. The van der Waals surface area contributed by atoms with E-state index >= 15 is 0 Å². The van der Waals surface area contributed by atoms with Crippen LogP contribution in [0.1, 0.15) is 293 Å². The molecular weight excluding hydrogens is 987 g/mol. The molecule has 0 radical (unpaired) electrons. The van der Waals surface area contributed by atoms with E-state index in [4.69, 9.17) is 27.1 Å². The maximum atomic E-state index is 6.54. The minimum absolute atomic E-state index is 0.269. The molecule has 0 spiro atoms. The Morgan fingerprint density at radius 3 is 0.844 bits per heavy atom. The highest BCUT2D eigenvalue weighted by Gasteiger charge is 2.26. The third-order valence-electron chi connectivity index (χ3n) is 16.7.